The van der Waals surface area contributed by atoms with Crippen LogP contribution in [0.3, 0.4) is 0 Å². The molecule has 2 bridgehead atoms. The minimum atomic E-state index is -2.17. The van der Waals surface area contributed by atoms with Crippen LogP contribution in [0.15, 0.2) is 43.0 Å². The highest BCUT2D eigenvalue weighted by Crippen LogP contribution is 2.50. The molecule has 2 aliphatic heterocycles. The van der Waals surface area contributed by atoms with Crippen LogP contribution in [0.1, 0.15) is 37.4 Å². The number of nitrogens with zero attached hydrogens (tertiary/aromatic N) is 4. The topological polar surface area (TPSA) is 121 Å². The zero-order chi connectivity index (χ0) is 25.0. The number of aliphatic hydroxyl groups is 1. The van der Waals surface area contributed by atoms with Crippen molar-refractivity contribution < 1.29 is 23.8 Å². The lowest BCUT2D eigenvalue weighted by atomic mass is 10.0. The molecule has 3 aromatic rings. The first-order valence-corrected chi connectivity index (χ1v) is 14.6. The lowest BCUT2D eigenvalue weighted by Gasteiger charge is -2.40. The van der Waals surface area contributed by atoms with Gasteiger partial charge in [-0.05, 0) is 30.3 Å². The number of fused-ring (bicyclic) bond motifs is 3. The van der Waals surface area contributed by atoms with E-state index in [1.54, 1.807) is 35.2 Å². The van der Waals surface area contributed by atoms with E-state index in [9.17, 15) is 9.90 Å². The molecule has 35 heavy (non-hydrogen) atoms. The van der Waals surface area contributed by atoms with E-state index in [1.165, 1.54) is 6.33 Å². The smallest absolute Gasteiger partial charge is 0.256 e. The number of nitrogens with one attached hydrogen (secondary N) is 1. The Morgan fingerprint density at radius 1 is 1.26 bits per heavy atom. The van der Waals surface area contributed by atoms with Crippen molar-refractivity contribution in [2.75, 3.05) is 18.5 Å². The lowest BCUT2D eigenvalue weighted by Crippen LogP contribution is -2.52. The number of carbonyl (C=O) groups excluding carboxylic acids is 1. The predicted molar refractivity (Wildman–Crippen MR) is 131 cm³/mol. The van der Waals surface area contributed by atoms with Crippen LogP contribution in [-0.4, -0.2) is 69.9 Å². The third kappa shape index (κ3) is 3.97. The van der Waals surface area contributed by atoms with E-state index in [-0.39, 0.29) is 24.2 Å². The Kier molecular flexibility index (Phi) is 5.80. The first kappa shape index (κ1) is 24.0. The summed E-state index contributed by atoms with van der Waals surface area (Å²) in [6.45, 7) is 10.9. The van der Waals surface area contributed by atoms with Crippen molar-refractivity contribution in [2.45, 2.75) is 62.9 Å². The summed E-state index contributed by atoms with van der Waals surface area (Å²) in [5.74, 6) is 0.0133. The Morgan fingerprint density at radius 2 is 2.00 bits per heavy atom. The summed E-state index contributed by atoms with van der Waals surface area (Å²) in [5.41, 5.74) is 0.476. The number of anilines is 1. The van der Waals surface area contributed by atoms with Crippen molar-refractivity contribution >= 4 is 31.2 Å². The van der Waals surface area contributed by atoms with Crippen molar-refractivity contribution in [1.29, 1.82) is 0 Å². The van der Waals surface area contributed by atoms with Crippen LogP contribution in [0.5, 0.6) is 0 Å². The van der Waals surface area contributed by atoms with Crippen molar-refractivity contribution in [3.8, 4) is 0 Å². The Hall–Kier alpha value is -2.70. The Morgan fingerprint density at radius 3 is 2.69 bits per heavy atom. The molecular weight excluding hydrogens is 466 g/mol. The Labute approximate surface area is 204 Å². The van der Waals surface area contributed by atoms with Crippen molar-refractivity contribution in [1.82, 2.24) is 19.5 Å². The van der Waals surface area contributed by atoms with Crippen LogP contribution < -0.4 is 5.32 Å². The van der Waals surface area contributed by atoms with Gasteiger partial charge in [0.1, 0.15) is 24.1 Å². The fourth-order valence-corrected chi connectivity index (χ4v) is 5.64. The average molecular weight is 498 g/mol. The summed E-state index contributed by atoms with van der Waals surface area (Å²) in [7, 11) is -2.17. The second-order valence-corrected chi connectivity index (χ2v) is 15.4. The van der Waals surface area contributed by atoms with Gasteiger partial charge in [0, 0.05) is 5.56 Å². The molecule has 1 unspecified atom stereocenters. The van der Waals surface area contributed by atoms with E-state index >= 15 is 0 Å². The third-order valence-corrected chi connectivity index (χ3v) is 11.8. The highest BCUT2D eigenvalue weighted by Gasteiger charge is 2.64. The molecule has 2 N–H and O–H groups in total. The molecule has 0 saturated carbocycles. The second-order valence-electron chi connectivity index (χ2n) is 10.7. The zero-order valence-electron chi connectivity index (χ0n) is 20.6. The Bertz CT molecular complexity index is 1240. The highest BCUT2D eigenvalue weighted by atomic mass is 28.4. The standard InChI is InChI=1S/C24H31N5O5Si/c1-23(2,3)35(4,5)34-18-17-22(33-24(18,11-30)12-32-17)29-14-27-16-19(25-13-26-20(16)29)28-21(31)15-9-7-6-8-10-15/h6-10,13-14,17-18,22,30H,11-12H2,1-5H3,(H,25,26,28,31)/t17?,18-,22-,24+/m1/s1. The van der Waals surface area contributed by atoms with Gasteiger partial charge in [0.25, 0.3) is 5.91 Å². The number of aliphatic hydroxyl groups excluding tert-OH is 1. The van der Waals surface area contributed by atoms with E-state index < -0.39 is 32.4 Å². The van der Waals surface area contributed by atoms with Crippen LogP contribution in [0.25, 0.3) is 11.2 Å². The fourth-order valence-electron chi connectivity index (χ4n) is 4.30. The van der Waals surface area contributed by atoms with E-state index in [2.05, 4.69) is 54.1 Å². The van der Waals surface area contributed by atoms with E-state index in [0.717, 1.165) is 0 Å². The molecule has 2 saturated heterocycles. The Balaban J connectivity index is 1.45. The van der Waals surface area contributed by atoms with Gasteiger partial charge in [-0.25, -0.2) is 15.0 Å². The monoisotopic (exact) mass is 497 g/mol. The molecule has 186 valence electrons. The number of imidazole rings is 1. The van der Waals surface area contributed by atoms with Gasteiger partial charge in [-0.1, -0.05) is 39.0 Å². The molecule has 0 spiro atoms. The minimum Gasteiger partial charge on any atom is -0.408 e. The summed E-state index contributed by atoms with van der Waals surface area (Å²) in [4.78, 5) is 25.8. The number of hydrogen-bond acceptors (Lipinski definition) is 8. The van der Waals surface area contributed by atoms with Gasteiger partial charge in [-0.3, -0.25) is 9.36 Å². The minimum absolute atomic E-state index is 0.0119. The van der Waals surface area contributed by atoms with Crippen molar-refractivity contribution in [3.05, 3.63) is 48.5 Å². The van der Waals surface area contributed by atoms with Crippen LogP contribution in [0.2, 0.25) is 18.1 Å². The maximum absolute atomic E-state index is 12.7. The largest absolute Gasteiger partial charge is 0.408 e. The van der Waals surface area contributed by atoms with Crippen LogP contribution in [0.4, 0.5) is 5.82 Å². The van der Waals surface area contributed by atoms with Crippen LogP contribution >= 0.6 is 0 Å². The van der Waals surface area contributed by atoms with Gasteiger partial charge < -0.3 is 24.3 Å². The molecule has 2 aromatic heterocycles. The molecule has 4 atom stereocenters. The molecule has 11 heteroatoms. The molecule has 10 nitrogen and oxygen atoms in total. The molecule has 0 aliphatic carbocycles. The summed E-state index contributed by atoms with van der Waals surface area (Å²) >= 11 is 0. The lowest BCUT2D eigenvalue weighted by molar-refractivity contribution is -0.185. The predicted octanol–water partition coefficient (Wildman–Crippen LogP) is 3.13. The molecule has 4 heterocycles. The average Bonchev–Trinajstić information content (AvgIpc) is 3.49. The van der Waals surface area contributed by atoms with E-state index in [1.807, 2.05) is 6.07 Å². The first-order valence-electron chi connectivity index (χ1n) is 11.7. The molecule has 1 amide bonds. The van der Waals surface area contributed by atoms with Crippen LogP contribution in [0, 0.1) is 0 Å². The fraction of sp³-hybridized carbons (Fsp3) is 0.500. The van der Waals surface area contributed by atoms with Gasteiger partial charge in [0.2, 0.25) is 0 Å². The molecule has 0 radical (unpaired) electrons. The molecular formula is C24H31N5O5Si. The van der Waals surface area contributed by atoms with Crippen molar-refractivity contribution in [3.63, 3.8) is 0 Å². The van der Waals surface area contributed by atoms with Gasteiger partial charge in [-0.2, -0.15) is 0 Å². The number of rotatable bonds is 6. The van der Waals surface area contributed by atoms with Gasteiger partial charge in [0.15, 0.2) is 31.5 Å². The maximum atomic E-state index is 12.7. The third-order valence-electron chi connectivity index (χ3n) is 7.37. The maximum Gasteiger partial charge on any atom is 0.256 e. The zero-order valence-corrected chi connectivity index (χ0v) is 21.6. The van der Waals surface area contributed by atoms with Gasteiger partial charge >= 0.3 is 0 Å². The second kappa shape index (κ2) is 8.45. The summed E-state index contributed by atoms with van der Waals surface area (Å²) in [5, 5.41) is 13.1. The summed E-state index contributed by atoms with van der Waals surface area (Å²) < 4.78 is 21.0. The number of aromatic nitrogens is 4. The highest BCUT2D eigenvalue weighted by molar-refractivity contribution is 6.74. The summed E-state index contributed by atoms with van der Waals surface area (Å²) in [6.07, 6.45) is 1.52. The van der Waals surface area contributed by atoms with E-state index in [0.29, 0.717) is 22.5 Å². The van der Waals surface area contributed by atoms with Crippen LogP contribution in [-0.2, 0) is 13.9 Å². The molecule has 5 rings (SSSR count). The van der Waals surface area contributed by atoms with Gasteiger partial charge in [0.05, 0.1) is 19.5 Å². The summed E-state index contributed by atoms with van der Waals surface area (Å²) in [6, 6.07) is 8.89. The quantitative estimate of drug-likeness (QED) is 0.499. The SMILES string of the molecule is CC(C)(C)[Si](C)(C)O[C@@H]1C2OC[C@]1(CO)O[C@H]2n1cnc2c(NC(=O)c3ccccc3)ncnc21. The van der Waals surface area contributed by atoms with Crippen molar-refractivity contribution in [2.24, 2.45) is 0 Å². The number of amides is 1. The molecule has 1 aromatic carbocycles. The molecule has 2 aliphatic rings. The molecule has 2 fully saturated rings. The first-order chi connectivity index (χ1) is 16.6. The van der Waals surface area contributed by atoms with E-state index in [4.69, 9.17) is 13.9 Å². The van der Waals surface area contributed by atoms with Gasteiger partial charge in [-0.15, -0.1) is 0 Å². The number of carbonyl (C=O) groups is 1. The number of ether oxygens (including phenoxy) is 2. The normalized spacial score (nSPS) is 26.4. The number of benzene rings is 1. The number of hydrogen-bond donors (Lipinski definition) is 2.